The molecule has 3 rings (SSSR count). The van der Waals surface area contributed by atoms with Gasteiger partial charge in [-0.1, -0.05) is 18.2 Å². The zero-order valence-electron chi connectivity index (χ0n) is 20.3. The molecule has 0 spiro atoms. The van der Waals surface area contributed by atoms with Gasteiger partial charge in [0.15, 0.2) is 0 Å². The fraction of sp³-hybridized carbons (Fsp3) is 0.520. The second kappa shape index (κ2) is 9.37. The zero-order valence-corrected chi connectivity index (χ0v) is 20.3. The number of ether oxygens (including phenoxy) is 2. The maximum atomic E-state index is 12.7. The van der Waals surface area contributed by atoms with E-state index in [0.717, 1.165) is 30.3 Å². The maximum Gasteiger partial charge on any atom is 0.435 e. The smallest absolute Gasteiger partial charge is 0.435 e. The predicted octanol–water partition coefficient (Wildman–Crippen LogP) is 5.26. The van der Waals surface area contributed by atoms with Gasteiger partial charge < -0.3 is 14.4 Å². The van der Waals surface area contributed by atoms with E-state index in [1.54, 1.807) is 50.1 Å². The summed E-state index contributed by atoms with van der Waals surface area (Å²) in [5, 5.41) is 4.59. The van der Waals surface area contributed by atoms with Gasteiger partial charge in [0.05, 0.1) is 5.69 Å². The van der Waals surface area contributed by atoms with E-state index in [4.69, 9.17) is 9.47 Å². The Bertz CT molecular complexity index is 1030. The highest BCUT2D eigenvalue weighted by molar-refractivity contribution is 5.80. The molecule has 8 nitrogen and oxygen atoms in total. The molecule has 0 saturated carbocycles. The lowest BCUT2D eigenvalue weighted by Crippen LogP contribution is -2.42. The zero-order chi connectivity index (χ0) is 24.4. The topological polar surface area (TPSA) is 90.7 Å². The van der Waals surface area contributed by atoms with Gasteiger partial charge in [0, 0.05) is 36.3 Å². The first kappa shape index (κ1) is 24.5. The number of hydrogen-bond donors (Lipinski definition) is 0. The van der Waals surface area contributed by atoms with Gasteiger partial charge in [-0.15, -0.1) is 0 Å². The van der Waals surface area contributed by atoms with E-state index in [9.17, 15) is 14.4 Å². The van der Waals surface area contributed by atoms with E-state index in [2.05, 4.69) is 5.10 Å². The van der Waals surface area contributed by atoms with Crippen LogP contribution in [-0.4, -0.2) is 57.4 Å². The Morgan fingerprint density at radius 3 is 2.36 bits per heavy atom. The summed E-state index contributed by atoms with van der Waals surface area (Å²) >= 11 is 0. The number of piperidine rings is 1. The molecule has 0 aliphatic carbocycles. The molecule has 0 N–H and O–H groups in total. The number of hydrogen-bond acceptors (Lipinski definition) is 6. The van der Waals surface area contributed by atoms with Crippen LogP contribution in [0.1, 0.15) is 76.4 Å². The highest BCUT2D eigenvalue weighted by Crippen LogP contribution is 2.34. The predicted molar refractivity (Wildman–Crippen MR) is 124 cm³/mol. The number of carbonyl (C=O) groups excluding carboxylic acids is 3. The van der Waals surface area contributed by atoms with Crippen LogP contribution >= 0.6 is 0 Å². The molecule has 1 unspecified atom stereocenters. The number of benzene rings is 1. The highest BCUT2D eigenvalue weighted by atomic mass is 16.6. The Morgan fingerprint density at radius 1 is 1.06 bits per heavy atom. The average Bonchev–Trinajstić information content (AvgIpc) is 3.17. The molecule has 2 heterocycles. The van der Waals surface area contributed by atoms with E-state index in [1.807, 2.05) is 26.8 Å². The molecular weight excluding hydrogens is 422 g/mol. The third-order valence-corrected chi connectivity index (χ3v) is 5.12. The van der Waals surface area contributed by atoms with E-state index in [0.29, 0.717) is 24.3 Å². The van der Waals surface area contributed by atoms with Crippen molar-refractivity contribution in [2.75, 3.05) is 13.1 Å². The van der Waals surface area contributed by atoms with Crippen molar-refractivity contribution in [1.82, 2.24) is 14.7 Å². The molecule has 1 saturated heterocycles. The number of nitrogens with zero attached hydrogens (tertiary/aromatic N) is 3. The van der Waals surface area contributed by atoms with Gasteiger partial charge in [-0.2, -0.15) is 9.78 Å². The van der Waals surface area contributed by atoms with Crippen LogP contribution in [0.2, 0.25) is 0 Å². The fourth-order valence-electron chi connectivity index (χ4n) is 3.79. The fourth-order valence-corrected chi connectivity index (χ4v) is 3.79. The molecule has 178 valence electrons. The van der Waals surface area contributed by atoms with Crippen LogP contribution in [0.4, 0.5) is 9.59 Å². The van der Waals surface area contributed by atoms with Crippen LogP contribution in [0.3, 0.4) is 0 Å². The van der Waals surface area contributed by atoms with Crippen molar-refractivity contribution in [3.63, 3.8) is 0 Å². The Balaban J connectivity index is 1.97. The quantitative estimate of drug-likeness (QED) is 0.586. The summed E-state index contributed by atoms with van der Waals surface area (Å²) in [6, 6.07) is 7.16. The summed E-state index contributed by atoms with van der Waals surface area (Å²) in [4.78, 5) is 38.4. The molecule has 1 aliphatic rings. The molecule has 1 fully saturated rings. The molecule has 1 aromatic heterocycles. The lowest BCUT2D eigenvalue weighted by atomic mass is 9.90. The van der Waals surface area contributed by atoms with E-state index < -0.39 is 17.3 Å². The number of rotatable bonds is 3. The van der Waals surface area contributed by atoms with Crippen LogP contribution in [0.15, 0.2) is 30.5 Å². The van der Waals surface area contributed by atoms with Gasteiger partial charge in [0.25, 0.3) is 0 Å². The van der Waals surface area contributed by atoms with Crippen molar-refractivity contribution < 1.29 is 23.9 Å². The number of carbonyl (C=O) groups is 3. The van der Waals surface area contributed by atoms with Gasteiger partial charge >= 0.3 is 12.2 Å². The average molecular weight is 456 g/mol. The van der Waals surface area contributed by atoms with E-state index in [-0.39, 0.29) is 12.0 Å². The molecule has 8 heteroatoms. The van der Waals surface area contributed by atoms with Crippen molar-refractivity contribution in [3.05, 3.63) is 41.7 Å². The Kier molecular flexibility index (Phi) is 6.95. The van der Waals surface area contributed by atoms with E-state index >= 15 is 0 Å². The molecule has 1 amide bonds. The van der Waals surface area contributed by atoms with Gasteiger partial charge in [0.2, 0.25) is 0 Å². The first-order chi connectivity index (χ1) is 15.4. The minimum absolute atomic E-state index is 0.0927. The molecule has 2 aromatic rings. The second-order valence-electron chi connectivity index (χ2n) is 10.4. The summed E-state index contributed by atoms with van der Waals surface area (Å²) in [5.41, 5.74) is 1.49. The summed E-state index contributed by atoms with van der Waals surface area (Å²) < 4.78 is 12.3. The number of aldehydes is 1. The van der Waals surface area contributed by atoms with Crippen molar-refractivity contribution in [2.45, 2.75) is 71.5 Å². The van der Waals surface area contributed by atoms with Gasteiger partial charge in [-0.05, 0) is 66.0 Å². The molecule has 1 aliphatic heterocycles. The number of aromatic nitrogens is 2. The van der Waals surface area contributed by atoms with Crippen LogP contribution in [0.25, 0.3) is 11.1 Å². The van der Waals surface area contributed by atoms with E-state index in [1.165, 1.54) is 4.68 Å². The molecule has 0 radical (unpaired) electrons. The third kappa shape index (κ3) is 6.43. The second-order valence-corrected chi connectivity index (χ2v) is 10.4. The first-order valence-corrected chi connectivity index (χ1v) is 11.2. The van der Waals surface area contributed by atoms with Crippen LogP contribution in [0.5, 0.6) is 0 Å². The van der Waals surface area contributed by atoms with Crippen molar-refractivity contribution in [2.24, 2.45) is 0 Å². The molecule has 33 heavy (non-hydrogen) atoms. The van der Waals surface area contributed by atoms with Gasteiger partial charge in [-0.3, -0.25) is 4.79 Å². The Labute approximate surface area is 194 Å². The van der Waals surface area contributed by atoms with Gasteiger partial charge in [-0.25, -0.2) is 9.59 Å². The minimum atomic E-state index is -0.668. The van der Waals surface area contributed by atoms with Gasteiger partial charge in [0.1, 0.15) is 17.5 Å². The third-order valence-electron chi connectivity index (χ3n) is 5.12. The Hall–Kier alpha value is -3.16. The lowest BCUT2D eigenvalue weighted by molar-refractivity contribution is 0.0195. The molecule has 0 bridgehead atoms. The molecule has 1 atom stereocenters. The lowest BCUT2D eigenvalue weighted by Gasteiger charge is -2.33. The van der Waals surface area contributed by atoms with Crippen LogP contribution in [-0.2, 0) is 9.47 Å². The summed E-state index contributed by atoms with van der Waals surface area (Å²) in [7, 11) is 0. The first-order valence-electron chi connectivity index (χ1n) is 11.2. The number of amides is 1. The molecular formula is C25H33N3O5. The van der Waals surface area contributed by atoms with Crippen molar-refractivity contribution in [1.29, 1.82) is 0 Å². The summed E-state index contributed by atoms with van der Waals surface area (Å²) in [5.74, 6) is -0.0927. The highest BCUT2D eigenvalue weighted by Gasteiger charge is 2.32. The van der Waals surface area contributed by atoms with Crippen molar-refractivity contribution in [3.8, 4) is 11.1 Å². The van der Waals surface area contributed by atoms with Crippen LogP contribution < -0.4 is 0 Å². The number of likely N-dealkylation sites (tertiary alicyclic amines) is 1. The summed E-state index contributed by atoms with van der Waals surface area (Å²) in [6.45, 7) is 11.9. The largest absolute Gasteiger partial charge is 0.444 e. The van der Waals surface area contributed by atoms with Crippen molar-refractivity contribution >= 4 is 18.5 Å². The van der Waals surface area contributed by atoms with Crippen LogP contribution in [0, 0.1) is 0 Å². The Morgan fingerprint density at radius 2 is 1.73 bits per heavy atom. The summed E-state index contributed by atoms with van der Waals surface area (Å²) in [6.07, 6.45) is 3.08. The maximum absolute atomic E-state index is 12.7. The SMILES string of the molecule is CC(C)(C)OC(=O)N1CCCC(c2nn(C(=O)OC(C)(C)C)cc2-c2cccc(C=O)c2)C1. The minimum Gasteiger partial charge on any atom is -0.444 e. The standard InChI is InChI=1S/C25H33N3O5/c1-24(2,3)32-22(30)27-12-8-11-19(14-27)21-20(18-10-7-9-17(13-18)16-29)15-28(26-21)23(31)33-25(4,5)6/h7,9-10,13,15-16,19H,8,11-12,14H2,1-6H3. The monoisotopic (exact) mass is 455 g/mol. The molecule has 1 aromatic carbocycles. The normalized spacial score (nSPS) is 16.9.